The predicted octanol–water partition coefficient (Wildman–Crippen LogP) is 2.92. The molecule has 0 saturated carbocycles. The third kappa shape index (κ3) is 6.08. The van der Waals surface area contributed by atoms with Crippen LogP contribution in [0.2, 0.25) is 5.02 Å². The summed E-state index contributed by atoms with van der Waals surface area (Å²) in [6.07, 6.45) is 0. The van der Waals surface area contributed by atoms with E-state index in [1.165, 1.54) is 0 Å². The first-order valence-corrected chi connectivity index (χ1v) is 7.47. The van der Waals surface area contributed by atoms with Crippen molar-refractivity contribution in [1.29, 1.82) is 0 Å². The lowest BCUT2D eigenvalue weighted by atomic mass is 10.3. The van der Waals surface area contributed by atoms with Crippen LogP contribution in [0, 0.1) is 0 Å². The van der Waals surface area contributed by atoms with Gasteiger partial charge in [-0.2, -0.15) is 0 Å². The normalized spacial score (nSPS) is 10.0. The maximum atomic E-state index is 11.7. The first-order chi connectivity index (χ1) is 11.2. The van der Waals surface area contributed by atoms with Crippen LogP contribution in [-0.2, 0) is 4.79 Å². The smallest absolute Gasteiger partial charge is 0.258 e. The molecule has 0 saturated heterocycles. The highest BCUT2D eigenvalue weighted by Crippen LogP contribution is 2.17. The van der Waals surface area contributed by atoms with Crippen LogP contribution in [0.25, 0.3) is 0 Å². The molecule has 5 nitrogen and oxygen atoms in total. The number of rotatable bonds is 8. The number of methoxy groups -OCH3 is 1. The van der Waals surface area contributed by atoms with Crippen molar-refractivity contribution in [2.24, 2.45) is 0 Å². The molecule has 2 rings (SSSR count). The van der Waals surface area contributed by atoms with Crippen LogP contribution in [-0.4, -0.2) is 32.8 Å². The van der Waals surface area contributed by atoms with E-state index in [1.54, 1.807) is 55.6 Å². The number of carbonyl (C=O) groups excluding carboxylic acids is 1. The van der Waals surface area contributed by atoms with Crippen LogP contribution in [0.15, 0.2) is 48.5 Å². The Kier molecular flexibility index (Phi) is 6.56. The molecular formula is C17H18ClNO4. The summed E-state index contributed by atoms with van der Waals surface area (Å²) >= 11 is 5.78. The van der Waals surface area contributed by atoms with Crippen LogP contribution < -0.4 is 19.5 Å². The van der Waals surface area contributed by atoms with E-state index in [2.05, 4.69) is 5.32 Å². The zero-order chi connectivity index (χ0) is 16.5. The third-order valence-electron chi connectivity index (χ3n) is 2.94. The number of amides is 1. The molecule has 0 fully saturated rings. The molecule has 0 atom stereocenters. The summed E-state index contributed by atoms with van der Waals surface area (Å²) < 4.78 is 15.9. The zero-order valence-corrected chi connectivity index (χ0v) is 13.5. The predicted molar refractivity (Wildman–Crippen MR) is 88.4 cm³/mol. The van der Waals surface area contributed by atoms with Crippen LogP contribution in [0.5, 0.6) is 17.2 Å². The molecule has 0 aliphatic heterocycles. The van der Waals surface area contributed by atoms with E-state index in [1.807, 2.05) is 0 Å². The van der Waals surface area contributed by atoms with Crippen molar-refractivity contribution in [3.05, 3.63) is 53.6 Å². The van der Waals surface area contributed by atoms with Gasteiger partial charge in [-0.1, -0.05) is 11.6 Å². The van der Waals surface area contributed by atoms with E-state index >= 15 is 0 Å². The van der Waals surface area contributed by atoms with E-state index in [-0.39, 0.29) is 12.5 Å². The molecule has 2 aromatic rings. The van der Waals surface area contributed by atoms with Gasteiger partial charge in [0.2, 0.25) is 0 Å². The first-order valence-electron chi connectivity index (χ1n) is 7.09. The molecule has 23 heavy (non-hydrogen) atoms. The van der Waals surface area contributed by atoms with Gasteiger partial charge in [-0.15, -0.1) is 0 Å². The zero-order valence-electron chi connectivity index (χ0n) is 12.8. The summed E-state index contributed by atoms with van der Waals surface area (Å²) in [7, 11) is 1.59. The number of hydrogen-bond donors (Lipinski definition) is 1. The number of nitrogens with one attached hydrogen (secondary N) is 1. The lowest BCUT2D eigenvalue weighted by Gasteiger charge is -2.09. The van der Waals surface area contributed by atoms with Gasteiger partial charge in [0.25, 0.3) is 5.91 Å². The number of ether oxygens (including phenoxy) is 3. The Balaban J connectivity index is 1.62. The summed E-state index contributed by atoms with van der Waals surface area (Å²) in [5.74, 6) is 1.85. The molecule has 2 aromatic carbocycles. The molecule has 0 bridgehead atoms. The molecule has 122 valence electrons. The fraction of sp³-hybridized carbons (Fsp3) is 0.235. The monoisotopic (exact) mass is 335 g/mol. The minimum absolute atomic E-state index is 0.0483. The second-order valence-electron chi connectivity index (χ2n) is 4.62. The topological polar surface area (TPSA) is 56.8 Å². The highest BCUT2D eigenvalue weighted by Gasteiger charge is 2.03. The first kappa shape index (κ1) is 17.0. The number of halogens is 1. The van der Waals surface area contributed by atoms with Crippen LogP contribution in [0.3, 0.4) is 0 Å². The number of benzene rings is 2. The van der Waals surface area contributed by atoms with E-state index < -0.39 is 0 Å². The van der Waals surface area contributed by atoms with Crippen LogP contribution in [0.4, 0.5) is 0 Å². The molecule has 0 heterocycles. The van der Waals surface area contributed by atoms with Crippen LogP contribution in [0.1, 0.15) is 0 Å². The summed E-state index contributed by atoms with van der Waals surface area (Å²) in [6.45, 7) is 0.719. The van der Waals surface area contributed by atoms with Gasteiger partial charge >= 0.3 is 0 Å². The van der Waals surface area contributed by atoms with Gasteiger partial charge in [-0.25, -0.2) is 0 Å². The van der Waals surface area contributed by atoms with E-state index in [0.29, 0.717) is 29.7 Å². The molecule has 0 radical (unpaired) electrons. The minimum Gasteiger partial charge on any atom is -0.497 e. The van der Waals surface area contributed by atoms with Crippen molar-refractivity contribution in [3.63, 3.8) is 0 Å². The fourth-order valence-corrected chi connectivity index (χ4v) is 1.89. The fourth-order valence-electron chi connectivity index (χ4n) is 1.76. The van der Waals surface area contributed by atoms with Gasteiger partial charge in [-0.05, 0) is 48.5 Å². The van der Waals surface area contributed by atoms with Crippen molar-refractivity contribution in [2.75, 3.05) is 26.9 Å². The highest BCUT2D eigenvalue weighted by atomic mass is 35.5. The molecule has 6 heteroatoms. The highest BCUT2D eigenvalue weighted by molar-refractivity contribution is 6.30. The Morgan fingerprint density at radius 3 is 2.17 bits per heavy atom. The second-order valence-corrected chi connectivity index (χ2v) is 5.05. The Bertz CT molecular complexity index is 613. The van der Waals surface area contributed by atoms with Gasteiger partial charge in [0.1, 0.15) is 23.9 Å². The molecule has 0 aromatic heterocycles. The van der Waals surface area contributed by atoms with Gasteiger partial charge in [0.05, 0.1) is 13.7 Å². The summed E-state index contributed by atoms with van der Waals surface area (Å²) in [5, 5.41) is 3.37. The van der Waals surface area contributed by atoms with Gasteiger partial charge in [0.15, 0.2) is 6.61 Å². The van der Waals surface area contributed by atoms with Crippen molar-refractivity contribution in [2.45, 2.75) is 0 Å². The van der Waals surface area contributed by atoms with Crippen LogP contribution >= 0.6 is 11.6 Å². The average molecular weight is 336 g/mol. The lowest BCUT2D eigenvalue weighted by molar-refractivity contribution is -0.123. The summed E-state index contributed by atoms with van der Waals surface area (Å²) in [4.78, 5) is 11.7. The van der Waals surface area contributed by atoms with Crippen molar-refractivity contribution < 1.29 is 19.0 Å². The minimum atomic E-state index is -0.208. The molecule has 1 N–H and O–H groups in total. The van der Waals surface area contributed by atoms with E-state index in [9.17, 15) is 4.79 Å². The second kappa shape index (κ2) is 8.90. The maximum Gasteiger partial charge on any atom is 0.258 e. The summed E-state index contributed by atoms with van der Waals surface area (Å²) in [5.41, 5.74) is 0. The number of hydrogen-bond acceptors (Lipinski definition) is 4. The molecular weight excluding hydrogens is 318 g/mol. The average Bonchev–Trinajstić information content (AvgIpc) is 2.59. The van der Waals surface area contributed by atoms with Crippen molar-refractivity contribution in [3.8, 4) is 17.2 Å². The number of carbonyl (C=O) groups is 1. The van der Waals surface area contributed by atoms with Gasteiger partial charge in [-0.3, -0.25) is 4.79 Å². The molecule has 0 spiro atoms. The maximum absolute atomic E-state index is 11.7. The Hall–Kier alpha value is -2.40. The van der Waals surface area contributed by atoms with Gasteiger partial charge < -0.3 is 19.5 Å². The Morgan fingerprint density at radius 2 is 1.52 bits per heavy atom. The van der Waals surface area contributed by atoms with E-state index in [0.717, 1.165) is 5.75 Å². The standard InChI is InChI=1S/C17H18ClNO4/c1-21-14-6-8-16(9-7-14)23-12-17(20)19-10-11-22-15-4-2-13(18)3-5-15/h2-9H,10-12H2,1H3,(H,19,20). The summed E-state index contributed by atoms with van der Waals surface area (Å²) in [6, 6.07) is 14.1. The third-order valence-corrected chi connectivity index (χ3v) is 3.19. The molecule has 0 aliphatic rings. The van der Waals surface area contributed by atoms with E-state index in [4.69, 9.17) is 25.8 Å². The van der Waals surface area contributed by atoms with Crippen molar-refractivity contribution in [1.82, 2.24) is 5.32 Å². The Morgan fingerprint density at radius 1 is 0.957 bits per heavy atom. The quantitative estimate of drug-likeness (QED) is 0.754. The SMILES string of the molecule is COc1ccc(OCC(=O)NCCOc2ccc(Cl)cc2)cc1. The molecule has 0 aliphatic carbocycles. The molecule has 1 amide bonds. The largest absolute Gasteiger partial charge is 0.497 e. The van der Waals surface area contributed by atoms with Gasteiger partial charge in [0, 0.05) is 5.02 Å². The molecule has 0 unspecified atom stereocenters. The Labute approximate surface area is 140 Å². The lowest BCUT2D eigenvalue weighted by Crippen LogP contribution is -2.32. The van der Waals surface area contributed by atoms with Crippen molar-refractivity contribution >= 4 is 17.5 Å².